The van der Waals surface area contributed by atoms with E-state index in [4.69, 9.17) is 60.1 Å². The van der Waals surface area contributed by atoms with Crippen molar-refractivity contribution in [2.75, 3.05) is 42.7 Å². The number of nitrogens with zero attached hydrogens (tertiary/aromatic N) is 1. The third-order valence-electron chi connectivity index (χ3n) is 9.55. The van der Waals surface area contributed by atoms with Crippen LogP contribution in [0.25, 0.3) is 0 Å². The summed E-state index contributed by atoms with van der Waals surface area (Å²) in [6.45, 7) is 0.844. The van der Waals surface area contributed by atoms with Crippen LogP contribution >= 0.6 is 24.7 Å². The van der Waals surface area contributed by atoms with Gasteiger partial charge in [-0.3, -0.25) is 0 Å². The van der Waals surface area contributed by atoms with Crippen molar-refractivity contribution in [3.8, 4) is 34.5 Å². The predicted octanol–water partition coefficient (Wildman–Crippen LogP) is 12.3. The SMILES string of the molecule is COc1ccc(COP(N[P+](N=[P+](OCc2ccc(OC)cc2)OCc2ccc(OC)cc2)(OCc2ccc(OC)cc2)OCc2ccc(OC)cc2)OCc2ccc(OC)cc2)cc1. The van der Waals surface area contributed by atoms with E-state index in [9.17, 15) is 0 Å². The zero-order valence-corrected chi connectivity index (χ0v) is 40.0. The Labute approximate surface area is 384 Å². The summed E-state index contributed by atoms with van der Waals surface area (Å²) in [6.07, 6.45) is 0. The van der Waals surface area contributed by atoms with Crippen molar-refractivity contribution in [3.05, 3.63) is 179 Å². The van der Waals surface area contributed by atoms with Gasteiger partial charge in [0.15, 0.2) is 0 Å². The van der Waals surface area contributed by atoms with E-state index in [-0.39, 0.29) is 39.6 Å². The molecule has 0 saturated heterocycles. The molecule has 0 aromatic heterocycles. The summed E-state index contributed by atoms with van der Waals surface area (Å²) in [5.41, 5.74) is 5.21. The third kappa shape index (κ3) is 16.0. The minimum Gasteiger partial charge on any atom is -0.497 e. The third-order valence-corrected chi connectivity index (χ3v) is 15.1. The molecule has 0 aliphatic carbocycles. The molecule has 6 aromatic carbocycles. The first-order chi connectivity index (χ1) is 31.8. The summed E-state index contributed by atoms with van der Waals surface area (Å²) >= 11 is 0. The van der Waals surface area contributed by atoms with Gasteiger partial charge in [0.05, 0.1) is 55.9 Å². The molecule has 14 nitrogen and oxygen atoms in total. The molecule has 17 heteroatoms. The van der Waals surface area contributed by atoms with Gasteiger partial charge in [-0.1, -0.05) is 72.8 Å². The molecular weight excluding hydrogens is 889 g/mol. The highest BCUT2D eigenvalue weighted by Crippen LogP contribution is 2.69. The molecule has 0 fully saturated rings. The van der Waals surface area contributed by atoms with E-state index in [1.807, 2.05) is 146 Å². The van der Waals surface area contributed by atoms with E-state index in [1.54, 1.807) is 42.7 Å². The summed E-state index contributed by atoms with van der Waals surface area (Å²) in [5, 5.41) is 0. The first-order valence-electron chi connectivity index (χ1n) is 20.4. The van der Waals surface area contributed by atoms with Crippen LogP contribution in [0, 0.1) is 0 Å². The van der Waals surface area contributed by atoms with E-state index >= 15 is 0 Å². The molecule has 0 heterocycles. The Morgan fingerprint density at radius 2 is 0.615 bits per heavy atom. The number of rotatable bonds is 27. The Bertz CT molecular complexity index is 2170. The Morgan fingerprint density at radius 3 is 0.877 bits per heavy atom. The quantitative estimate of drug-likeness (QED) is 0.0491. The van der Waals surface area contributed by atoms with Crippen LogP contribution in [-0.4, -0.2) is 42.7 Å². The number of nitrogens with one attached hydrogen (secondary N) is 1. The molecule has 0 saturated carbocycles. The van der Waals surface area contributed by atoms with Crippen LogP contribution < -0.4 is 33.3 Å². The molecule has 6 rings (SSSR count). The van der Waals surface area contributed by atoms with Gasteiger partial charge < -0.3 is 37.5 Å². The van der Waals surface area contributed by atoms with Gasteiger partial charge in [-0.25, -0.2) is 0 Å². The van der Waals surface area contributed by atoms with Crippen LogP contribution in [0.2, 0.25) is 0 Å². The van der Waals surface area contributed by atoms with Gasteiger partial charge in [-0.15, -0.1) is 9.05 Å². The van der Waals surface area contributed by atoms with Gasteiger partial charge in [0.1, 0.15) is 60.9 Å². The summed E-state index contributed by atoms with van der Waals surface area (Å²) in [5.74, 6) is 4.32. The summed E-state index contributed by atoms with van der Waals surface area (Å²) in [4.78, 5) is 3.54. The molecule has 6 aromatic rings. The Hall–Kier alpha value is -5.20. The zero-order valence-electron chi connectivity index (χ0n) is 37.3. The molecule has 0 radical (unpaired) electrons. The Balaban J connectivity index is 1.42. The second kappa shape index (κ2) is 26.1. The minimum atomic E-state index is -3.72. The van der Waals surface area contributed by atoms with Crippen LogP contribution in [-0.2, 0) is 66.8 Å². The lowest BCUT2D eigenvalue weighted by atomic mass is 10.2. The van der Waals surface area contributed by atoms with Gasteiger partial charge in [-0.05, 0) is 111 Å². The van der Waals surface area contributed by atoms with Crippen molar-refractivity contribution < 1.29 is 55.6 Å². The Morgan fingerprint density at radius 1 is 0.369 bits per heavy atom. The topological polar surface area (TPSA) is 135 Å². The highest BCUT2D eigenvalue weighted by atomic mass is 31.3. The fourth-order valence-electron chi connectivity index (χ4n) is 5.73. The van der Waals surface area contributed by atoms with Gasteiger partial charge in [0.2, 0.25) is 4.52 Å². The van der Waals surface area contributed by atoms with Gasteiger partial charge in [0, 0.05) is 0 Å². The fourth-order valence-corrected chi connectivity index (χ4v) is 11.5. The average molecular weight is 945 g/mol. The highest BCUT2D eigenvalue weighted by Gasteiger charge is 2.55. The molecule has 342 valence electrons. The molecule has 1 N–H and O–H groups in total. The maximum absolute atomic E-state index is 6.94. The van der Waals surface area contributed by atoms with Crippen molar-refractivity contribution in [1.82, 2.24) is 4.86 Å². The zero-order chi connectivity index (χ0) is 45.7. The normalized spacial score (nSPS) is 11.2. The highest BCUT2D eigenvalue weighted by molar-refractivity contribution is 7.74. The maximum atomic E-state index is 6.94. The molecule has 0 bridgehead atoms. The van der Waals surface area contributed by atoms with E-state index in [1.165, 1.54) is 0 Å². The van der Waals surface area contributed by atoms with Gasteiger partial charge >= 0.3 is 16.2 Å². The second-order valence-electron chi connectivity index (χ2n) is 13.9. The summed E-state index contributed by atoms with van der Waals surface area (Å²) < 4.78 is 78.0. The van der Waals surface area contributed by atoms with Crippen LogP contribution in [0.15, 0.2) is 150 Å². The van der Waals surface area contributed by atoms with Crippen LogP contribution in [0.5, 0.6) is 34.5 Å². The first kappa shape index (κ1) is 49.2. The maximum Gasteiger partial charge on any atom is 0.606 e. The summed E-state index contributed by atoms with van der Waals surface area (Å²) in [6, 6.07) is 45.6. The number of methoxy groups -OCH3 is 6. The number of ether oxygens (including phenoxy) is 6. The number of benzene rings is 6. The molecular formula is C48H55N2O12P3+2. The van der Waals surface area contributed by atoms with Crippen LogP contribution in [0.4, 0.5) is 0 Å². The van der Waals surface area contributed by atoms with Crippen molar-refractivity contribution in [3.63, 3.8) is 0 Å². The van der Waals surface area contributed by atoms with Crippen molar-refractivity contribution in [1.29, 1.82) is 0 Å². The molecule has 0 unspecified atom stereocenters. The van der Waals surface area contributed by atoms with Crippen molar-refractivity contribution >= 4 is 24.7 Å². The van der Waals surface area contributed by atoms with Crippen molar-refractivity contribution in [2.45, 2.75) is 39.6 Å². The minimum absolute atomic E-state index is 0.0805. The monoisotopic (exact) mass is 944 g/mol. The fraction of sp³-hybridized carbons (Fsp3) is 0.250. The lowest BCUT2D eigenvalue weighted by Gasteiger charge is -2.22. The molecule has 0 aliphatic heterocycles. The molecule has 0 amide bonds. The first-order valence-corrected chi connectivity index (χ1v) is 24.3. The molecule has 0 atom stereocenters. The molecule has 65 heavy (non-hydrogen) atoms. The second-order valence-corrected chi connectivity index (χ2v) is 19.0. The number of hydrogen-bond acceptors (Lipinski definition) is 14. The number of hydrogen-bond donors (Lipinski definition) is 1. The van der Waals surface area contributed by atoms with E-state index in [2.05, 4.69) is 4.86 Å². The van der Waals surface area contributed by atoms with E-state index < -0.39 is 24.7 Å². The standard InChI is InChI=1S/C48H55N2O12P3/c1-51-43-19-7-37(8-20-43)31-57-63(58-32-38-9-21-44(52-2)22-10-38)49-65(61-35-41-15-27-47(55-5)28-16-41,62-36-42-17-29-48(56-6)30-18-42)50-64(59-33-39-11-23-45(53-3)24-12-39)60-34-40-13-25-46(54-4)26-14-40/h7-30,49H,31-36H2,1-6H3/q+2. The van der Waals surface area contributed by atoms with Gasteiger partial charge in [-0.2, -0.15) is 9.05 Å². The average Bonchev–Trinajstić information content (AvgIpc) is 3.37. The van der Waals surface area contributed by atoms with E-state index in [0.29, 0.717) is 11.5 Å². The van der Waals surface area contributed by atoms with Crippen LogP contribution in [0.3, 0.4) is 0 Å². The molecule has 0 spiro atoms. The lowest BCUT2D eigenvalue weighted by Crippen LogP contribution is -2.17. The lowest BCUT2D eigenvalue weighted by molar-refractivity contribution is 0.199. The van der Waals surface area contributed by atoms with Crippen molar-refractivity contribution in [2.24, 2.45) is 4.52 Å². The van der Waals surface area contributed by atoms with Gasteiger partial charge in [0.25, 0.3) is 8.53 Å². The smallest absolute Gasteiger partial charge is 0.497 e. The largest absolute Gasteiger partial charge is 0.606 e. The summed E-state index contributed by atoms with van der Waals surface area (Å²) in [7, 11) is 1.90. The molecule has 0 aliphatic rings. The van der Waals surface area contributed by atoms with Crippen LogP contribution in [0.1, 0.15) is 33.4 Å². The van der Waals surface area contributed by atoms with E-state index in [0.717, 1.165) is 56.4 Å². The Kier molecular flexibility index (Phi) is 19.8. The predicted molar refractivity (Wildman–Crippen MR) is 253 cm³/mol.